The van der Waals surface area contributed by atoms with E-state index >= 15 is 0 Å². The minimum Gasteiger partial charge on any atom is -0.314 e. The molecule has 0 aromatic heterocycles. The predicted molar refractivity (Wildman–Crippen MR) is 67.9 cm³/mol. The molecule has 0 saturated heterocycles. The number of hydrogen-bond acceptors (Lipinski definition) is 1. The molecule has 0 radical (unpaired) electrons. The van der Waals surface area contributed by atoms with E-state index in [2.05, 4.69) is 19.2 Å². The van der Waals surface area contributed by atoms with E-state index < -0.39 is 0 Å². The van der Waals surface area contributed by atoms with Crippen molar-refractivity contribution in [2.75, 3.05) is 6.54 Å². The maximum absolute atomic E-state index is 6.11. The van der Waals surface area contributed by atoms with E-state index in [0.717, 1.165) is 35.0 Å². The first kappa shape index (κ1) is 12.8. The zero-order valence-corrected chi connectivity index (χ0v) is 10.7. The van der Waals surface area contributed by atoms with Gasteiger partial charge in [-0.1, -0.05) is 37.0 Å². The van der Waals surface area contributed by atoms with Gasteiger partial charge in [0.25, 0.3) is 0 Å². The third kappa shape index (κ3) is 4.02. The molecule has 0 aliphatic rings. The first-order valence-corrected chi connectivity index (χ1v) is 6.10. The molecule has 3 heteroatoms. The Hall–Kier alpha value is -0.240. The molecular formula is C12H17Cl2N. The van der Waals surface area contributed by atoms with Crippen molar-refractivity contribution in [3.8, 4) is 0 Å². The quantitative estimate of drug-likeness (QED) is 0.830. The summed E-state index contributed by atoms with van der Waals surface area (Å²) in [6, 6.07) is 6.11. The van der Waals surface area contributed by atoms with Crippen LogP contribution in [0.1, 0.15) is 25.8 Å². The van der Waals surface area contributed by atoms with Crippen LogP contribution in [0.3, 0.4) is 0 Å². The van der Waals surface area contributed by atoms with Crippen LogP contribution in [0.2, 0.25) is 10.0 Å². The highest BCUT2D eigenvalue weighted by atomic mass is 35.5. The van der Waals surface area contributed by atoms with Crippen LogP contribution in [-0.2, 0) is 6.42 Å². The van der Waals surface area contributed by atoms with E-state index in [1.165, 1.54) is 0 Å². The van der Waals surface area contributed by atoms with E-state index in [9.17, 15) is 0 Å². The maximum atomic E-state index is 6.11. The van der Waals surface area contributed by atoms with Gasteiger partial charge in [0.1, 0.15) is 0 Å². The second kappa shape index (κ2) is 6.37. The van der Waals surface area contributed by atoms with Gasteiger partial charge < -0.3 is 5.32 Å². The Morgan fingerprint density at radius 2 is 2.00 bits per heavy atom. The summed E-state index contributed by atoms with van der Waals surface area (Å²) < 4.78 is 0. The van der Waals surface area contributed by atoms with E-state index in [1.54, 1.807) is 0 Å². The molecule has 1 rings (SSSR count). The van der Waals surface area contributed by atoms with E-state index in [0.29, 0.717) is 6.04 Å². The Morgan fingerprint density at radius 1 is 1.27 bits per heavy atom. The Morgan fingerprint density at radius 3 is 2.60 bits per heavy atom. The molecule has 0 aliphatic heterocycles. The SMILES string of the molecule is CCNC(CC)Cc1cc(Cl)ccc1Cl. The molecule has 1 N–H and O–H groups in total. The Balaban J connectivity index is 2.73. The van der Waals surface area contributed by atoms with Crippen molar-refractivity contribution in [2.45, 2.75) is 32.7 Å². The lowest BCUT2D eigenvalue weighted by Crippen LogP contribution is -2.30. The summed E-state index contributed by atoms with van der Waals surface area (Å²) in [6.45, 7) is 5.27. The Bertz CT molecular complexity index is 312. The normalized spacial score (nSPS) is 12.8. The second-order valence-corrected chi connectivity index (χ2v) is 4.45. The van der Waals surface area contributed by atoms with Crippen LogP contribution in [0, 0.1) is 0 Å². The van der Waals surface area contributed by atoms with Gasteiger partial charge in [-0.15, -0.1) is 0 Å². The van der Waals surface area contributed by atoms with Crippen LogP contribution >= 0.6 is 23.2 Å². The number of rotatable bonds is 5. The third-order valence-corrected chi connectivity index (χ3v) is 3.06. The smallest absolute Gasteiger partial charge is 0.0439 e. The summed E-state index contributed by atoms with van der Waals surface area (Å²) in [5.74, 6) is 0. The molecule has 0 saturated carbocycles. The van der Waals surface area contributed by atoms with E-state index in [4.69, 9.17) is 23.2 Å². The average Bonchev–Trinajstić information content (AvgIpc) is 2.22. The second-order valence-electron chi connectivity index (χ2n) is 3.60. The molecule has 84 valence electrons. The minimum atomic E-state index is 0.478. The van der Waals surface area contributed by atoms with Gasteiger partial charge in [-0.25, -0.2) is 0 Å². The van der Waals surface area contributed by atoms with Crippen LogP contribution < -0.4 is 5.32 Å². The topological polar surface area (TPSA) is 12.0 Å². The molecule has 1 nitrogen and oxygen atoms in total. The van der Waals surface area contributed by atoms with Crippen LogP contribution in [0.15, 0.2) is 18.2 Å². The Labute approximate surface area is 102 Å². The zero-order valence-electron chi connectivity index (χ0n) is 9.19. The first-order valence-electron chi connectivity index (χ1n) is 5.34. The monoisotopic (exact) mass is 245 g/mol. The number of nitrogens with one attached hydrogen (secondary N) is 1. The number of benzene rings is 1. The van der Waals surface area contributed by atoms with Gasteiger partial charge in [0, 0.05) is 16.1 Å². The van der Waals surface area contributed by atoms with Crippen molar-refractivity contribution in [3.63, 3.8) is 0 Å². The molecule has 0 aliphatic carbocycles. The van der Waals surface area contributed by atoms with Gasteiger partial charge in [0.15, 0.2) is 0 Å². The summed E-state index contributed by atoms with van der Waals surface area (Å²) in [5.41, 5.74) is 1.12. The fraction of sp³-hybridized carbons (Fsp3) is 0.500. The molecule has 0 bridgehead atoms. The van der Waals surface area contributed by atoms with Crippen molar-refractivity contribution in [1.29, 1.82) is 0 Å². The van der Waals surface area contributed by atoms with Crippen LogP contribution in [0.5, 0.6) is 0 Å². The highest BCUT2D eigenvalue weighted by Crippen LogP contribution is 2.22. The van der Waals surface area contributed by atoms with Gasteiger partial charge in [-0.05, 0) is 43.1 Å². The largest absolute Gasteiger partial charge is 0.314 e. The van der Waals surface area contributed by atoms with Crippen molar-refractivity contribution in [3.05, 3.63) is 33.8 Å². The molecular weight excluding hydrogens is 229 g/mol. The highest BCUT2D eigenvalue weighted by molar-refractivity contribution is 6.33. The minimum absolute atomic E-state index is 0.478. The number of hydrogen-bond donors (Lipinski definition) is 1. The lowest BCUT2D eigenvalue weighted by molar-refractivity contribution is 0.510. The van der Waals surface area contributed by atoms with E-state index in [-0.39, 0.29) is 0 Å². The number of likely N-dealkylation sites (N-methyl/N-ethyl adjacent to an activating group) is 1. The van der Waals surface area contributed by atoms with Crippen LogP contribution in [0.4, 0.5) is 0 Å². The van der Waals surface area contributed by atoms with Gasteiger partial charge in [0.2, 0.25) is 0 Å². The molecule has 0 amide bonds. The Kier molecular flexibility index (Phi) is 5.44. The lowest BCUT2D eigenvalue weighted by Gasteiger charge is -2.16. The zero-order chi connectivity index (χ0) is 11.3. The van der Waals surface area contributed by atoms with Gasteiger partial charge in [0.05, 0.1) is 0 Å². The standard InChI is InChI=1S/C12H17Cl2N/c1-3-11(15-4-2)8-9-7-10(13)5-6-12(9)14/h5-7,11,15H,3-4,8H2,1-2H3. The first-order chi connectivity index (χ1) is 7.17. The summed E-state index contributed by atoms with van der Waals surface area (Å²) in [5, 5.41) is 4.98. The molecule has 1 atom stereocenters. The van der Waals surface area contributed by atoms with Gasteiger partial charge in [-0.3, -0.25) is 0 Å². The fourth-order valence-corrected chi connectivity index (χ4v) is 2.00. The van der Waals surface area contributed by atoms with Crippen molar-refractivity contribution in [1.82, 2.24) is 5.32 Å². The predicted octanol–water partition coefficient (Wildman–Crippen LogP) is 3.92. The molecule has 0 fully saturated rings. The van der Waals surface area contributed by atoms with Crippen LogP contribution in [-0.4, -0.2) is 12.6 Å². The lowest BCUT2D eigenvalue weighted by atomic mass is 10.0. The molecule has 0 heterocycles. The summed E-state index contributed by atoms with van der Waals surface area (Å²) in [4.78, 5) is 0. The summed E-state index contributed by atoms with van der Waals surface area (Å²) in [6.07, 6.45) is 2.03. The van der Waals surface area contributed by atoms with Crippen molar-refractivity contribution >= 4 is 23.2 Å². The molecule has 1 unspecified atom stereocenters. The van der Waals surface area contributed by atoms with E-state index in [1.807, 2.05) is 18.2 Å². The third-order valence-electron chi connectivity index (χ3n) is 2.46. The molecule has 0 spiro atoms. The van der Waals surface area contributed by atoms with Crippen molar-refractivity contribution in [2.24, 2.45) is 0 Å². The average molecular weight is 246 g/mol. The van der Waals surface area contributed by atoms with Crippen molar-refractivity contribution < 1.29 is 0 Å². The summed E-state index contributed by atoms with van der Waals surface area (Å²) in [7, 11) is 0. The molecule has 1 aromatic carbocycles. The number of halogens is 2. The maximum Gasteiger partial charge on any atom is 0.0439 e. The summed E-state index contributed by atoms with van der Waals surface area (Å²) >= 11 is 12.1. The van der Waals surface area contributed by atoms with Crippen LogP contribution in [0.25, 0.3) is 0 Å². The highest BCUT2D eigenvalue weighted by Gasteiger charge is 2.08. The fourth-order valence-electron chi connectivity index (χ4n) is 1.61. The molecule has 15 heavy (non-hydrogen) atoms. The molecule has 1 aromatic rings. The van der Waals surface area contributed by atoms with Gasteiger partial charge in [-0.2, -0.15) is 0 Å². The van der Waals surface area contributed by atoms with Gasteiger partial charge >= 0.3 is 0 Å².